The molecule has 9 nitrogen and oxygen atoms in total. The molecule has 0 saturated heterocycles. The first-order valence-corrected chi connectivity index (χ1v) is 15.7. The Kier molecular flexibility index (Phi) is 10.4. The summed E-state index contributed by atoms with van der Waals surface area (Å²) in [7, 11) is 0. The normalized spacial score (nSPS) is 16.3. The number of anilines is 3. The summed E-state index contributed by atoms with van der Waals surface area (Å²) < 4.78 is 0. The maximum atomic E-state index is 14.0. The summed E-state index contributed by atoms with van der Waals surface area (Å²) >= 11 is 6.33. The summed E-state index contributed by atoms with van der Waals surface area (Å²) in [5, 5.41) is 24.7. The number of halogens is 1. The van der Waals surface area contributed by atoms with Crippen LogP contribution < -0.4 is 16.0 Å². The third-order valence-electron chi connectivity index (χ3n) is 8.27. The van der Waals surface area contributed by atoms with Gasteiger partial charge in [0.2, 0.25) is 5.91 Å². The molecule has 0 radical (unpaired) electrons. The lowest BCUT2D eigenvalue weighted by Gasteiger charge is -2.28. The fraction of sp³-hybridized carbons (Fsp3) is 0.216. The summed E-state index contributed by atoms with van der Waals surface area (Å²) in [5.74, 6) is -1.67. The number of benzene rings is 4. The number of hydrogen-bond acceptors (Lipinski definition) is 6. The van der Waals surface area contributed by atoms with Crippen molar-refractivity contribution < 1.29 is 24.6 Å². The molecule has 0 bridgehead atoms. The number of carbonyl (C=O) groups excluding carboxylic acids is 3. The molecule has 1 heterocycles. The summed E-state index contributed by atoms with van der Waals surface area (Å²) in [6, 6.07) is 28.2. The highest BCUT2D eigenvalue weighted by atomic mass is 35.5. The minimum atomic E-state index is -1.92. The summed E-state index contributed by atoms with van der Waals surface area (Å²) in [6.45, 7) is 2.29. The Morgan fingerprint density at radius 1 is 1.00 bits per heavy atom. The van der Waals surface area contributed by atoms with Crippen molar-refractivity contribution >= 4 is 46.4 Å². The van der Waals surface area contributed by atoms with E-state index in [0.717, 1.165) is 11.1 Å². The molecule has 3 amide bonds. The lowest BCUT2D eigenvalue weighted by atomic mass is 9.83. The van der Waals surface area contributed by atoms with Gasteiger partial charge in [-0.25, -0.2) is 0 Å². The van der Waals surface area contributed by atoms with Gasteiger partial charge in [-0.15, -0.1) is 0 Å². The fourth-order valence-electron chi connectivity index (χ4n) is 5.65. The predicted molar refractivity (Wildman–Crippen MR) is 184 cm³/mol. The highest BCUT2D eigenvalue weighted by Gasteiger charge is 2.52. The quantitative estimate of drug-likeness (QED) is 0.118. The number of amides is 3. The number of carbonyl (C=O) groups is 3. The van der Waals surface area contributed by atoms with Crippen molar-refractivity contribution in [1.82, 2.24) is 4.90 Å². The lowest BCUT2D eigenvalue weighted by molar-refractivity contribution is -0.139. The fourth-order valence-corrected chi connectivity index (χ4v) is 5.82. The third kappa shape index (κ3) is 7.55. The minimum Gasteiger partial charge on any atom is -0.399 e. The van der Waals surface area contributed by atoms with Crippen molar-refractivity contribution in [2.75, 3.05) is 29.1 Å². The van der Waals surface area contributed by atoms with Crippen LogP contribution in [0.5, 0.6) is 0 Å². The Bertz CT molecular complexity index is 1760. The Morgan fingerprint density at radius 2 is 1.70 bits per heavy atom. The minimum absolute atomic E-state index is 0.0365. The molecule has 0 unspecified atom stereocenters. The van der Waals surface area contributed by atoms with Crippen LogP contribution in [-0.4, -0.2) is 46.0 Å². The van der Waals surface area contributed by atoms with Gasteiger partial charge in [-0.05, 0) is 65.7 Å². The number of fused-ring (bicyclic) bond motifs is 1. The Hall–Kier alpha value is -4.96. The molecular formula is C37H37ClN4O5. The molecule has 5 N–H and O–H groups in total. The van der Waals surface area contributed by atoms with E-state index < -0.39 is 17.4 Å². The largest absolute Gasteiger partial charge is 0.399 e. The molecule has 1 aliphatic heterocycles. The van der Waals surface area contributed by atoms with Crippen molar-refractivity contribution in [3.8, 4) is 0 Å². The Balaban J connectivity index is 1.28. The highest BCUT2D eigenvalue weighted by Crippen LogP contribution is 2.46. The van der Waals surface area contributed by atoms with Gasteiger partial charge in [-0.2, -0.15) is 0 Å². The smallest absolute Gasteiger partial charge is 0.264 e. The van der Waals surface area contributed by atoms with Gasteiger partial charge in [0.05, 0.1) is 18.8 Å². The number of hydrogen-bond donors (Lipinski definition) is 4. The Morgan fingerprint density at radius 3 is 2.38 bits per heavy atom. The molecule has 0 fully saturated rings. The summed E-state index contributed by atoms with van der Waals surface area (Å²) in [6.07, 6.45) is 3.36. The SMILES string of the molecule is C[C@@H](/C=C/CC(=O)N(CCO)Cc1ccccc1)[C@]1(O)C(=O)N(Cc2ccc(NC(=O)c3ccc(N)cc3)cc2)c2ccc(Cl)cc21. The average Bonchev–Trinajstić information content (AvgIpc) is 3.28. The number of aliphatic hydroxyl groups excluding tert-OH is 1. The topological polar surface area (TPSA) is 136 Å². The summed E-state index contributed by atoms with van der Waals surface area (Å²) in [4.78, 5) is 42.7. The van der Waals surface area contributed by atoms with E-state index in [1.165, 1.54) is 4.90 Å². The van der Waals surface area contributed by atoms with Crippen LogP contribution in [0.25, 0.3) is 0 Å². The van der Waals surface area contributed by atoms with E-state index in [1.807, 2.05) is 30.3 Å². The van der Waals surface area contributed by atoms with Gasteiger partial charge in [-0.3, -0.25) is 14.4 Å². The first-order chi connectivity index (χ1) is 22.6. The number of aliphatic hydroxyl groups is 2. The van der Waals surface area contributed by atoms with Crippen LogP contribution in [0.3, 0.4) is 0 Å². The zero-order chi connectivity index (χ0) is 33.6. The molecule has 4 aromatic carbocycles. The number of nitrogens with two attached hydrogens (primary N) is 1. The zero-order valence-electron chi connectivity index (χ0n) is 26.0. The zero-order valence-corrected chi connectivity index (χ0v) is 26.7. The number of nitrogens with zero attached hydrogens (tertiary/aromatic N) is 2. The van der Waals surface area contributed by atoms with E-state index in [0.29, 0.717) is 39.8 Å². The van der Waals surface area contributed by atoms with Crippen molar-refractivity contribution in [3.63, 3.8) is 0 Å². The van der Waals surface area contributed by atoms with Crippen molar-refractivity contribution in [1.29, 1.82) is 0 Å². The van der Waals surface area contributed by atoms with Crippen LogP contribution in [0.1, 0.15) is 40.4 Å². The lowest BCUT2D eigenvalue weighted by Crippen LogP contribution is -2.44. The van der Waals surface area contributed by atoms with Crippen molar-refractivity contribution in [2.24, 2.45) is 5.92 Å². The predicted octanol–water partition coefficient (Wildman–Crippen LogP) is 5.51. The molecule has 242 valence electrons. The van der Waals surface area contributed by atoms with Gasteiger partial charge in [-0.1, -0.05) is 73.1 Å². The standard InChI is InChI=1S/C37H37ClN4O5/c1-25(6-5-9-34(44)41(20-21-43)23-26-7-3-2-4-8-26)37(47)32-22-29(38)14-19-33(32)42(36(37)46)24-27-10-17-31(18-11-27)40-35(45)28-12-15-30(39)16-13-28/h2-8,10-19,22,25,43,47H,9,20-21,23-24,39H2,1H3,(H,40,45)/b6-5+/t25-,37+/m0/s1. The van der Waals surface area contributed by atoms with Crippen LogP contribution in [0.4, 0.5) is 17.1 Å². The van der Waals surface area contributed by atoms with Gasteiger partial charge < -0.3 is 31.1 Å². The maximum Gasteiger partial charge on any atom is 0.264 e. The van der Waals surface area contributed by atoms with Crippen LogP contribution in [-0.2, 0) is 28.3 Å². The number of nitrogens with one attached hydrogen (secondary N) is 1. The van der Waals surface area contributed by atoms with E-state index in [-0.39, 0.29) is 37.9 Å². The van der Waals surface area contributed by atoms with Crippen LogP contribution in [0, 0.1) is 5.92 Å². The van der Waals surface area contributed by atoms with E-state index in [1.54, 1.807) is 90.7 Å². The Labute approximate surface area is 278 Å². The second-order valence-electron chi connectivity index (χ2n) is 11.5. The molecule has 2 atom stereocenters. The summed E-state index contributed by atoms with van der Waals surface area (Å²) in [5.41, 5.74) is 8.08. The third-order valence-corrected chi connectivity index (χ3v) is 8.51. The number of nitrogen functional groups attached to an aromatic ring is 1. The number of rotatable bonds is 12. The van der Waals surface area contributed by atoms with Gasteiger partial charge in [0.1, 0.15) is 0 Å². The molecule has 0 saturated carbocycles. The van der Waals surface area contributed by atoms with Gasteiger partial charge in [0, 0.05) is 53.0 Å². The highest BCUT2D eigenvalue weighted by molar-refractivity contribution is 6.31. The molecule has 0 aromatic heterocycles. The first kappa shape index (κ1) is 33.4. The van der Waals surface area contributed by atoms with E-state index in [9.17, 15) is 24.6 Å². The van der Waals surface area contributed by atoms with Crippen LogP contribution >= 0.6 is 11.6 Å². The van der Waals surface area contributed by atoms with E-state index in [2.05, 4.69) is 5.32 Å². The molecule has 5 rings (SSSR count). The molecule has 10 heteroatoms. The monoisotopic (exact) mass is 652 g/mol. The molecular weight excluding hydrogens is 616 g/mol. The molecule has 0 aliphatic carbocycles. The molecule has 47 heavy (non-hydrogen) atoms. The van der Waals surface area contributed by atoms with Crippen molar-refractivity contribution in [3.05, 3.63) is 136 Å². The van der Waals surface area contributed by atoms with Gasteiger partial charge in [0.25, 0.3) is 11.8 Å². The second kappa shape index (κ2) is 14.6. The van der Waals surface area contributed by atoms with Crippen LogP contribution in [0.15, 0.2) is 109 Å². The van der Waals surface area contributed by atoms with Crippen LogP contribution in [0.2, 0.25) is 5.02 Å². The maximum absolute atomic E-state index is 14.0. The average molecular weight is 653 g/mol. The van der Waals surface area contributed by atoms with E-state index >= 15 is 0 Å². The molecule has 0 spiro atoms. The molecule has 1 aliphatic rings. The second-order valence-corrected chi connectivity index (χ2v) is 12.0. The van der Waals surface area contributed by atoms with Gasteiger partial charge in [0.15, 0.2) is 5.60 Å². The molecule has 4 aromatic rings. The van der Waals surface area contributed by atoms with Gasteiger partial charge >= 0.3 is 0 Å². The first-order valence-electron chi connectivity index (χ1n) is 15.3. The van der Waals surface area contributed by atoms with E-state index in [4.69, 9.17) is 17.3 Å². The van der Waals surface area contributed by atoms with Crippen molar-refractivity contribution in [2.45, 2.75) is 32.0 Å².